The van der Waals surface area contributed by atoms with E-state index in [2.05, 4.69) is 39.4 Å². The van der Waals surface area contributed by atoms with E-state index >= 15 is 8.78 Å². The number of likely N-dealkylation sites (tertiary alicyclic amines) is 1. The Morgan fingerprint density at radius 3 is 2.49 bits per heavy atom. The molecule has 2 aromatic carbocycles. The summed E-state index contributed by atoms with van der Waals surface area (Å²) in [7, 11) is -1.62. The van der Waals surface area contributed by atoms with Crippen molar-refractivity contribution in [3.63, 3.8) is 0 Å². The van der Waals surface area contributed by atoms with Gasteiger partial charge in [0.2, 0.25) is 0 Å². The molecule has 6 rings (SSSR count). The Bertz CT molecular complexity index is 1370. The predicted octanol–water partition coefficient (Wildman–Crippen LogP) is 4.73. The number of rotatable bonds is 9. The third-order valence-electron chi connectivity index (χ3n) is 8.81. The van der Waals surface area contributed by atoms with E-state index in [1.165, 1.54) is 30.6 Å². The van der Waals surface area contributed by atoms with Crippen LogP contribution in [-0.4, -0.2) is 60.5 Å². The number of hydrogen-bond donors (Lipinski definition) is 3. The molecule has 5 nitrogen and oxygen atoms in total. The van der Waals surface area contributed by atoms with Gasteiger partial charge in [0.05, 0.1) is 24.3 Å². The number of benzene rings is 2. The molecule has 3 N–H and O–H groups in total. The van der Waals surface area contributed by atoms with E-state index in [0.29, 0.717) is 36.5 Å². The second-order valence-corrected chi connectivity index (χ2v) is 11.9. The highest BCUT2D eigenvalue weighted by atomic mass is 19.1. The van der Waals surface area contributed by atoms with Gasteiger partial charge in [0.25, 0.3) is 0 Å². The zero-order valence-electron chi connectivity index (χ0n) is 23.4. The number of alkyl halides is 1. The highest BCUT2D eigenvalue weighted by Crippen LogP contribution is 2.47. The largest absolute Gasteiger partial charge is 0.488 e. The van der Waals surface area contributed by atoms with Crippen molar-refractivity contribution in [1.29, 1.82) is 0 Å². The number of halogens is 3. The summed E-state index contributed by atoms with van der Waals surface area (Å²) in [5.41, 5.74) is 4.74. The van der Waals surface area contributed by atoms with Crippen LogP contribution in [0.25, 0.3) is 0 Å². The fraction of sp³-hybridized carbons (Fsp3) is 0.438. The molecule has 216 valence electrons. The molecule has 2 aromatic rings. The molecule has 9 heteroatoms. The number of hydrogen-bond acceptors (Lipinski definition) is 5. The van der Waals surface area contributed by atoms with Crippen LogP contribution < -0.4 is 15.7 Å². The van der Waals surface area contributed by atoms with Crippen molar-refractivity contribution in [3.8, 4) is 0 Å². The summed E-state index contributed by atoms with van der Waals surface area (Å²) in [5.74, 6) is -0.611. The van der Waals surface area contributed by atoms with Crippen molar-refractivity contribution in [2.24, 2.45) is 0 Å². The van der Waals surface area contributed by atoms with Gasteiger partial charge in [-0.25, -0.2) is 8.78 Å². The van der Waals surface area contributed by atoms with E-state index in [-0.39, 0.29) is 30.8 Å². The molecule has 4 aliphatic rings. The first-order valence-electron chi connectivity index (χ1n) is 14.7. The molecule has 0 bridgehead atoms. The minimum atomic E-state index is -1.62. The average molecular weight is 563 g/mol. The minimum Gasteiger partial charge on any atom is -0.423 e. The van der Waals surface area contributed by atoms with Crippen LogP contribution in [0.2, 0.25) is 0 Å². The molecule has 0 aromatic heterocycles. The lowest BCUT2D eigenvalue weighted by Crippen LogP contribution is -2.57. The third-order valence-corrected chi connectivity index (χ3v) is 8.81. The molecule has 1 saturated heterocycles. The molecule has 41 heavy (non-hydrogen) atoms. The van der Waals surface area contributed by atoms with Crippen LogP contribution in [0.3, 0.4) is 0 Å². The van der Waals surface area contributed by atoms with Crippen LogP contribution in [0.1, 0.15) is 61.3 Å². The first-order valence-corrected chi connectivity index (χ1v) is 14.7. The Labute approximate surface area is 240 Å². The van der Waals surface area contributed by atoms with Crippen molar-refractivity contribution >= 4 is 18.3 Å². The maximum Gasteiger partial charge on any atom is 0.488 e. The maximum atomic E-state index is 16.2. The lowest BCUT2D eigenvalue weighted by atomic mass is 9.75. The van der Waals surface area contributed by atoms with Crippen molar-refractivity contribution in [2.45, 2.75) is 63.1 Å². The molecule has 0 amide bonds. The zero-order valence-corrected chi connectivity index (χ0v) is 23.4. The molecular formula is C32H37BF3N3O2. The van der Waals surface area contributed by atoms with E-state index in [0.717, 1.165) is 29.9 Å². The summed E-state index contributed by atoms with van der Waals surface area (Å²) in [6, 6.07) is 12.8. The van der Waals surface area contributed by atoms with Gasteiger partial charge in [0, 0.05) is 43.5 Å². The first kappa shape index (κ1) is 28.1. The normalized spacial score (nSPS) is 23.4. The summed E-state index contributed by atoms with van der Waals surface area (Å²) in [4.78, 5) is 4.24. The lowest BCUT2D eigenvalue weighted by molar-refractivity contribution is 0.128. The highest BCUT2D eigenvalue weighted by molar-refractivity contribution is 6.58. The summed E-state index contributed by atoms with van der Waals surface area (Å²) in [6.45, 7) is 3.90. The molecular weight excluding hydrogens is 526 g/mol. The van der Waals surface area contributed by atoms with Crippen LogP contribution in [0, 0.1) is 0 Å². The molecule has 2 aliphatic heterocycles. The zero-order chi connectivity index (χ0) is 28.7. The second kappa shape index (κ2) is 11.7. The van der Waals surface area contributed by atoms with Gasteiger partial charge in [-0.1, -0.05) is 30.3 Å². The fourth-order valence-electron chi connectivity index (χ4n) is 6.55. The molecule has 2 heterocycles. The highest BCUT2D eigenvalue weighted by Gasteiger charge is 2.39. The molecule has 0 spiro atoms. The Hall–Kier alpha value is -3.01. The molecule has 0 radical (unpaired) electrons. The lowest BCUT2D eigenvalue weighted by Gasteiger charge is -2.44. The van der Waals surface area contributed by atoms with Gasteiger partial charge in [-0.15, -0.1) is 0 Å². The number of fused-ring (bicyclic) bond motifs is 1. The van der Waals surface area contributed by atoms with E-state index in [9.17, 15) is 14.4 Å². The number of nitrogens with zero attached hydrogens (tertiary/aromatic N) is 2. The van der Waals surface area contributed by atoms with E-state index in [1.807, 2.05) is 6.92 Å². The smallest absolute Gasteiger partial charge is 0.423 e. The molecule has 2 fully saturated rings. The van der Waals surface area contributed by atoms with Crippen LogP contribution >= 0.6 is 0 Å². The summed E-state index contributed by atoms with van der Waals surface area (Å²) < 4.78 is 44.7. The van der Waals surface area contributed by atoms with Crippen molar-refractivity contribution in [3.05, 3.63) is 94.2 Å². The molecule has 1 saturated carbocycles. The van der Waals surface area contributed by atoms with Gasteiger partial charge in [-0.3, -0.25) is 9.29 Å². The van der Waals surface area contributed by atoms with Crippen molar-refractivity contribution in [1.82, 2.24) is 10.2 Å². The van der Waals surface area contributed by atoms with Crippen LogP contribution in [-0.2, 0) is 6.42 Å². The Morgan fingerprint density at radius 1 is 1.05 bits per heavy atom. The summed E-state index contributed by atoms with van der Waals surface area (Å²) in [6.07, 6.45) is 6.60. The maximum absolute atomic E-state index is 16.2. The van der Waals surface area contributed by atoms with Gasteiger partial charge in [-0.05, 0) is 85.0 Å². The van der Waals surface area contributed by atoms with E-state index < -0.39 is 24.8 Å². The van der Waals surface area contributed by atoms with Crippen molar-refractivity contribution in [2.75, 3.05) is 31.2 Å². The predicted molar refractivity (Wildman–Crippen MR) is 157 cm³/mol. The summed E-state index contributed by atoms with van der Waals surface area (Å²) >= 11 is 0. The molecule has 2 aliphatic carbocycles. The van der Waals surface area contributed by atoms with Gasteiger partial charge in [0.15, 0.2) is 0 Å². The summed E-state index contributed by atoms with van der Waals surface area (Å²) in [5, 5.41) is 22.9. The Kier molecular flexibility index (Phi) is 8.03. The topological polar surface area (TPSA) is 59.0 Å². The van der Waals surface area contributed by atoms with Crippen LogP contribution in [0.4, 0.5) is 18.9 Å². The standard InChI is InChI=1S/C32H37BF3N3O2/c1-20-15-23-16-24(33(40)41)7-11-28(23)32(39(20)27-9-5-22(6-10-27)21-3-4-21)31-29(35)12-8-25(17-30(31)36)37-26-18-38(19-26)14-2-13-34/h5-7,9-12,16-17,20-21,26,32,37,40-41H,2-4,8,13-15,18-19H2,1H3/t20-,32-/m1/s1. The number of nitrogens with one attached hydrogen (secondary N) is 1. The monoisotopic (exact) mass is 563 g/mol. The van der Waals surface area contributed by atoms with Crippen LogP contribution in [0.5, 0.6) is 0 Å². The fourth-order valence-corrected chi connectivity index (χ4v) is 6.55. The van der Waals surface area contributed by atoms with Gasteiger partial charge in [-0.2, -0.15) is 0 Å². The SMILES string of the molecule is C[C@@H]1Cc2cc(B(O)O)ccc2[C@H](C2=C(F)C=C(NC3CN(CCCF)C3)CC=C2F)N1c1ccc(C2CC2)cc1. The van der Waals surface area contributed by atoms with E-state index in [1.54, 1.807) is 18.2 Å². The second-order valence-electron chi connectivity index (χ2n) is 11.9. The first-order chi connectivity index (χ1) is 19.8. The van der Waals surface area contributed by atoms with Crippen molar-refractivity contribution < 1.29 is 23.2 Å². The van der Waals surface area contributed by atoms with Gasteiger partial charge in [0.1, 0.15) is 11.7 Å². The minimum absolute atomic E-state index is 0.0173. The average Bonchev–Trinajstić information content (AvgIpc) is 3.79. The quantitative estimate of drug-likeness (QED) is 0.385. The number of allylic oxidation sites excluding steroid dienone is 3. The van der Waals surface area contributed by atoms with Crippen LogP contribution in [0.15, 0.2) is 77.5 Å². The Balaban J connectivity index is 1.36. The van der Waals surface area contributed by atoms with E-state index in [4.69, 9.17) is 0 Å². The number of anilines is 1. The Morgan fingerprint density at radius 2 is 1.80 bits per heavy atom. The third kappa shape index (κ3) is 5.85. The van der Waals surface area contributed by atoms with Gasteiger partial charge < -0.3 is 20.3 Å². The van der Waals surface area contributed by atoms with Gasteiger partial charge >= 0.3 is 7.12 Å². The molecule has 2 atom stereocenters. The molecule has 0 unspecified atom stereocenters.